The molecule has 1 heterocycles. The molecule has 162 valence electrons. The predicted octanol–water partition coefficient (Wildman–Crippen LogP) is 3.92. The first-order valence-corrected chi connectivity index (χ1v) is 12.2. The van der Waals surface area contributed by atoms with Crippen molar-refractivity contribution < 1.29 is 13.2 Å². The van der Waals surface area contributed by atoms with Crippen LogP contribution < -0.4 is 14.4 Å². The van der Waals surface area contributed by atoms with Crippen molar-refractivity contribution in [3.05, 3.63) is 95.1 Å². The zero-order chi connectivity index (χ0) is 21.7. The number of nitrogens with zero attached hydrogens (tertiary/aromatic N) is 1. The van der Waals surface area contributed by atoms with E-state index in [1.165, 1.54) is 16.8 Å². The average molecular weight is 437 g/mol. The second-order valence-electron chi connectivity index (χ2n) is 7.86. The highest BCUT2D eigenvalue weighted by Crippen LogP contribution is 2.24. The Morgan fingerprint density at radius 3 is 2.48 bits per heavy atom. The topological polar surface area (TPSA) is 58.6 Å². The Bertz CT molecular complexity index is 1130. The van der Waals surface area contributed by atoms with Gasteiger partial charge in [0.2, 0.25) is 10.0 Å². The molecule has 0 atom stereocenters. The predicted molar refractivity (Wildman–Crippen MR) is 125 cm³/mol. The molecule has 1 aliphatic rings. The molecule has 6 heteroatoms. The highest BCUT2D eigenvalue weighted by Gasteiger charge is 2.16. The van der Waals surface area contributed by atoms with Crippen LogP contribution in [0.4, 0.5) is 5.69 Å². The van der Waals surface area contributed by atoms with Gasteiger partial charge in [-0.25, -0.2) is 13.1 Å². The summed E-state index contributed by atoms with van der Waals surface area (Å²) in [6, 6.07) is 24.2. The van der Waals surface area contributed by atoms with Gasteiger partial charge in [0.05, 0.1) is 12.9 Å². The van der Waals surface area contributed by atoms with Gasteiger partial charge in [-0.2, -0.15) is 0 Å². The fraction of sp³-hybridized carbons (Fsp3) is 0.280. The Balaban J connectivity index is 1.29. The van der Waals surface area contributed by atoms with Crippen molar-refractivity contribution in [1.29, 1.82) is 0 Å². The van der Waals surface area contributed by atoms with Gasteiger partial charge in [-0.05, 0) is 59.4 Å². The van der Waals surface area contributed by atoms with Crippen molar-refractivity contribution in [1.82, 2.24) is 4.72 Å². The van der Waals surface area contributed by atoms with Gasteiger partial charge in [-0.15, -0.1) is 0 Å². The second kappa shape index (κ2) is 9.54. The smallest absolute Gasteiger partial charge is 0.215 e. The number of benzene rings is 3. The number of hydrogen-bond donors (Lipinski definition) is 1. The average Bonchev–Trinajstić information content (AvgIpc) is 2.79. The van der Waals surface area contributed by atoms with E-state index in [1.54, 1.807) is 31.4 Å². The summed E-state index contributed by atoms with van der Waals surface area (Å²) in [5.74, 6) is 0.601. The van der Waals surface area contributed by atoms with Gasteiger partial charge in [0.1, 0.15) is 5.75 Å². The number of ether oxygens (including phenoxy) is 1. The molecule has 3 aromatic carbocycles. The quantitative estimate of drug-likeness (QED) is 0.582. The molecule has 0 spiro atoms. The number of anilines is 1. The van der Waals surface area contributed by atoms with Crippen LogP contribution in [0, 0.1) is 0 Å². The lowest BCUT2D eigenvalue weighted by Crippen LogP contribution is -2.30. The lowest BCUT2D eigenvalue weighted by atomic mass is 9.99. The van der Waals surface area contributed by atoms with Crippen LogP contribution in [0.3, 0.4) is 0 Å². The molecule has 5 nitrogen and oxygen atoms in total. The van der Waals surface area contributed by atoms with E-state index in [4.69, 9.17) is 4.74 Å². The Labute approximate surface area is 184 Å². The Hall–Kier alpha value is -2.83. The molecule has 1 N–H and O–H groups in total. The maximum atomic E-state index is 12.4. The van der Waals surface area contributed by atoms with Crippen LogP contribution in [-0.2, 0) is 35.2 Å². The summed E-state index contributed by atoms with van der Waals surface area (Å²) >= 11 is 0. The summed E-state index contributed by atoms with van der Waals surface area (Å²) in [5.41, 5.74) is 5.86. The molecule has 0 saturated carbocycles. The van der Waals surface area contributed by atoms with E-state index in [2.05, 4.69) is 58.2 Å². The highest BCUT2D eigenvalue weighted by atomic mass is 32.2. The molecule has 0 radical (unpaired) electrons. The maximum Gasteiger partial charge on any atom is 0.215 e. The fourth-order valence-electron chi connectivity index (χ4n) is 3.97. The van der Waals surface area contributed by atoms with Crippen LogP contribution in [0.2, 0.25) is 0 Å². The summed E-state index contributed by atoms with van der Waals surface area (Å²) < 4.78 is 32.6. The molecule has 0 aliphatic carbocycles. The highest BCUT2D eigenvalue weighted by molar-refractivity contribution is 7.88. The molecule has 3 aromatic rings. The molecule has 0 saturated heterocycles. The third kappa shape index (κ3) is 5.66. The maximum absolute atomic E-state index is 12.4. The summed E-state index contributed by atoms with van der Waals surface area (Å²) in [5, 5.41) is 0. The summed E-state index contributed by atoms with van der Waals surface area (Å²) in [6.07, 6.45) is 1.72. The summed E-state index contributed by atoms with van der Waals surface area (Å²) in [7, 11) is -1.83. The SMILES string of the molecule is COc1cccc(CS(=O)(=O)NCCc2ccc(N3CCc4ccccc4C3)cc2)c1. The summed E-state index contributed by atoms with van der Waals surface area (Å²) in [4.78, 5) is 2.39. The Morgan fingerprint density at radius 1 is 0.935 bits per heavy atom. The van der Waals surface area contributed by atoms with Crippen molar-refractivity contribution in [3.63, 3.8) is 0 Å². The van der Waals surface area contributed by atoms with E-state index in [-0.39, 0.29) is 5.75 Å². The summed E-state index contributed by atoms with van der Waals surface area (Å²) in [6.45, 7) is 2.32. The van der Waals surface area contributed by atoms with Crippen LogP contribution in [-0.4, -0.2) is 28.6 Å². The van der Waals surface area contributed by atoms with Gasteiger partial charge in [-0.3, -0.25) is 0 Å². The molecule has 0 aromatic heterocycles. The number of sulfonamides is 1. The third-order valence-electron chi connectivity index (χ3n) is 5.66. The number of rotatable bonds is 8. The largest absolute Gasteiger partial charge is 0.497 e. The lowest BCUT2D eigenvalue weighted by molar-refractivity contribution is 0.414. The van der Waals surface area contributed by atoms with E-state index in [9.17, 15) is 8.42 Å². The minimum atomic E-state index is -3.40. The Kier molecular flexibility index (Phi) is 6.59. The van der Waals surface area contributed by atoms with Crippen LogP contribution >= 0.6 is 0 Å². The number of fused-ring (bicyclic) bond motifs is 1. The van der Waals surface area contributed by atoms with E-state index >= 15 is 0 Å². The molecule has 0 amide bonds. The van der Waals surface area contributed by atoms with Gasteiger partial charge >= 0.3 is 0 Å². The molecule has 0 unspecified atom stereocenters. The van der Waals surface area contributed by atoms with Crippen LogP contribution in [0.15, 0.2) is 72.8 Å². The van der Waals surface area contributed by atoms with Gasteiger partial charge in [0.25, 0.3) is 0 Å². The first-order chi connectivity index (χ1) is 15.0. The first-order valence-electron chi connectivity index (χ1n) is 10.5. The van der Waals surface area contributed by atoms with Crippen molar-refractivity contribution >= 4 is 15.7 Å². The Morgan fingerprint density at radius 2 is 1.71 bits per heavy atom. The van der Waals surface area contributed by atoms with Crippen molar-refractivity contribution in [2.24, 2.45) is 0 Å². The molecule has 0 fully saturated rings. The minimum Gasteiger partial charge on any atom is -0.497 e. The number of methoxy groups -OCH3 is 1. The fourth-order valence-corrected chi connectivity index (χ4v) is 5.11. The molecule has 0 bridgehead atoms. The van der Waals surface area contributed by atoms with Crippen LogP contribution in [0.5, 0.6) is 5.75 Å². The van der Waals surface area contributed by atoms with E-state index < -0.39 is 10.0 Å². The van der Waals surface area contributed by atoms with E-state index in [0.717, 1.165) is 25.1 Å². The molecule has 4 rings (SSSR count). The van der Waals surface area contributed by atoms with Crippen LogP contribution in [0.25, 0.3) is 0 Å². The van der Waals surface area contributed by atoms with Crippen molar-refractivity contribution in [2.45, 2.75) is 25.1 Å². The molecule has 31 heavy (non-hydrogen) atoms. The van der Waals surface area contributed by atoms with Gasteiger partial charge in [0.15, 0.2) is 0 Å². The normalized spacial score (nSPS) is 13.6. The molecular weight excluding hydrogens is 408 g/mol. The van der Waals surface area contributed by atoms with Crippen LogP contribution in [0.1, 0.15) is 22.3 Å². The van der Waals surface area contributed by atoms with Gasteiger partial charge < -0.3 is 9.64 Å². The van der Waals surface area contributed by atoms with Crippen molar-refractivity contribution in [2.75, 3.05) is 25.1 Å². The van der Waals surface area contributed by atoms with Gasteiger partial charge in [0, 0.05) is 25.3 Å². The standard InChI is InChI=1S/C25H28N2O3S/c1-30-25-8-4-5-21(17-25)19-31(28,29)26-15-13-20-9-11-24(12-10-20)27-16-14-22-6-2-3-7-23(22)18-27/h2-12,17,26H,13-16,18-19H2,1H3. The van der Waals surface area contributed by atoms with E-state index in [0.29, 0.717) is 24.3 Å². The zero-order valence-electron chi connectivity index (χ0n) is 17.8. The second-order valence-corrected chi connectivity index (χ2v) is 9.67. The lowest BCUT2D eigenvalue weighted by Gasteiger charge is -2.30. The molecule has 1 aliphatic heterocycles. The first kappa shape index (κ1) is 21.4. The van der Waals surface area contributed by atoms with Gasteiger partial charge in [-0.1, -0.05) is 48.5 Å². The number of nitrogens with one attached hydrogen (secondary N) is 1. The number of hydrogen-bond acceptors (Lipinski definition) is 4. The minimum absolute atomic E-state index is 0.0560. The monoisotopic (exact) mass is 436 g/mol. The molecular formula is C25H28N2O3S. The van der Waals surface area contributed by atoms with Crippen molar-refractivity contribution in [3.8, 4) is 5.75 Å². The van der Waals surface area contributed by atoms with E-state index in [1.807, 2.05) is 0 Å². The third-order valence-corrected chi connectivity index (χ3v) is 7.02. The zero-order valence-corrected chi connectivity index (χ0v) is 18.6.